The number of carboxylic acid groups (broad SMARTS) is 1. The van der Waals surface area contributed by atoms with Crippen LogP contribution in [0.4, 0.5) is 0 Å². The number of rotatable bonds is 11. The summed E-state index contributed by atoms with van der Waals surface area (Å²) in [7, 11) is 0. The van der Waals surface area contributed by atoms with Crippen molar-refractivity contribution in [2.24, 2.45) is 0 Å². The summed E-state index contributed by atoms with van der Waals surface area (Å²) in [5.74, 6) is -0.699. The van der Waals surface area contributed by atoms with E-state index in [4.69, 9.17) is 5.11 Å². The van der Waals surface area contributed by atoms with Crippen LogP contribution in [0.15, 0.2) is 24.3 Å². The molecule has 0 radical (unpaired) electrons. The first-order chi connectivity index (χ1) is 8.27. The molecular weight excluding hydrogens is 212 g/mol. The molecule has 0 aromatic rings. The van der Waals surface area contributed by atoms with Crippen molar-refractivity contribution in [3.8, 4) is 0 Å². The van der Waals surface area contributed by atoms with Crippen LogP contribution in [0.25, 0.3) is 0 Å². The van der Waals surface area contributed by atoms with Crippen LogP contribution in [0.1, 0.15) is 64.7 Å². The van der Waals surface area contributed by atoms with Crippen LogP contribution >= 0.6 is 0 Å². The van der Waals surface area contributed by atoms with E-state index in [1.54, 1.807) is 0 Å². The highest BCUT2D eigenvalue weighted by Crippen LogP contribution is 2.03. The van der Waals surface area contributed by atoms with E-state index in [0.717, 1.165) is 25.7 Å². The number of unbranched alkanes of at least 4 members (excludes halogenated alkanes) is 5. The van der Waals surface area contributed by atoms with Crippen molar-refractivity contribution in [1.82, 2.24) is 0 Å². The van der Waals surface area contributed by atoms with Gasteiger partial charge in [0.1, 0.15) is 0 Å². The van der Waals surface area contributed by atoms with E-state index in [0.29, 0.717) is 0 Å². The summed E-state index contributed by atoms with van der Waals surface area (Å²) in [4.78, 5) is 10.2. The van der Waals surface area contributed by atoms with Crippen LogP contribution in [0.2, 0.25) is 0 Å². The predicted octanol–water partition coefficient (Wildman–Crippen LogP) is 4.71. The van der Waals surface area contributed by atoms with Gasteiger partial charge in [0.2, 0.25) is 0 Å². The van der Waals surface area contributed by atoms with E-state index in [2.05, 4.69) is 31.2 Å². The zero-order valence-electron chi connectivity index (χ0n) is 11.0. The fourth-order valence-corrected chi connectivity index (χ4v) is 1.52. The molecule has 0 heterocycles. The summed E-state index contributed by atoms with van der Waals surface area (Å²) >= 11 is 0. The molecule has 2 heteroatoms. The fraction of sp³-hybridized carbons (Fsp3) is 0.667. The quantitative estimate of drug-likeness (QED) is 0.418. The molecule has 0 fully saturated rings. The molecule has 17 heavy (non-hydrogen) atoms. The Morgan fingerprint density at radius 1 is 0.882 bits per heavy atom. The summed E-state index contributed by atoms with van der Waals surface area (Å²) < 4.78 is 0. The predicted molar refractivity (Wildman–Crippen MR) is 73.1 cm³/mol. The smallest absolute Gasteiger partial charge is 0.303 e. The van der Waals surface area contributed by atoms with Crippen LogP contribution < -0.4 is 0 Å². The van der Waals surface area contributed by atoms with Crippen molar-refractivity contribution >= 4 is 5.97 Å². The molecule has 0 unspecified atom stereocenters. The molecule has 0 aliphatic heterocycles. The lowest BCUT2D eigenvalue weighted by atomic mass is 10.1. The van der Waals surface area contributed by atoms with Gasteiger partial charge in [0, 0.05) is 6.42 Å². The van der Waals surface area contributed by atoms with E-state index >= 15 is 0 Å². The second kappa shape index (κ2) is 13.0. The highest BCUT2D eigenvalue weighted by atomic mass is 16.4. The number of allylic oxidation sites excluding steroid dienone is 4. The minimum absolute atomic E-state index is 0.282. The highest BCUT2D eigenvalue weighted by Gasteiger charge is 1.92. The fourth-order valence-electron chi connectivity index (χ4n) is 1.52. The van der Waals surface area contributed by atoms with Crippen LogP contribution in [0, 0.1) is 0 Å². The summed E-state index contributed by atoms with van der Waals surface area (Å²) in [5.41, 5.74) is 0. The first-order valence-electron chi connectivity index (χ1n) is 6.79. The number of carbonyl (C=O) groups is 1. The minimum Gasteiger partial charge on any atom is -0.481 e. The largest absolute Gasteiger partial charge is 0.481 e. The maximum absolute atomic E-state index is 10.2. The first-order valence-corrected chi connectivity index (χ1v) is 6.79. The minimum atomic E-state index is -0.699. The molecule has 0 saturated carbocycles. The Morgan fingerprint density at radius 2 is 1.35 bits per heavy atom. The standard InChI is InChI=1S/C15H26O2/c1-2-3-4-5-6-7-8-9-10-11-12-13-14-15(16)17/h5-6,10-11H,2-4,7-9,12-14H2,1H3,(H,16,17). The molecule has 0 aliphatic carbocycles. The Bertz CT molecular complexity index is 229. The molecule has 0 atom stereocenters. The molecular formula is C15H26O2. The van der Waals surface area contributed by atoms with Gasteiger partial charge >= 0.3 is 5.97 Å². The second-order valence-corrected chi connectivity index (χ2v) is 4.30. The third-order valence-corrected chi connectivity index (χ3v) is 2.56. The van der Waals surface area contributed by atoms with Crippen LogP contribution in [0.3, 0.4) is 0 Å². The average molecular weight is 238 g/mol. The van der Waals surface area contributed by atoms with Crippen molar-refractivity contribution in [3.05, 3.63) is 24.3 Å². The topological polar surface area (TPSA) is 37.3 Å². The van der Waals surface area contributed by atoms with Gasteiger partial charge in [-0.05, 0) is 38.5 Å². The van der Waals surface area contributed by atoms with Crippen molar-refractivity contribution in [2.45, 2.75) is 64.7 Å². The van der Waals surface area contributed by atoms with Crippen LogP contribution in [-0.4, -0.2) is 11.1 Å². The Morgan fingerprint density at radius 3 is 1.82 bits per heavy atom. The van der Waals surface area contributed by atoms with Crippen molar-refractivity contribution in [3.63, 3.8) is 0 Å². The maximum atomic E-state index is 10.2. The Kier molecular flexibility index (Phi) is 12.2. The summed E-state index contributed by atoms with van der Waals surface area (Å²) in [6.45, 7) is 2.21. The highest BCUT2D eigenvalue weighted by molar-refractivity contribution is 5.66. The van der Waals surface area contributed by atoms with E-state index in [1.807, 2.05) is 0 Å². The zero-order valence-corrected chi connectivity index (χ0v) is 11.0. The van der Waals surface area contributed by atoms with Gasteiger partial charge < -0.3 is 5.11 Å². The van der Waals surface area contributed by atoms with Crippen LogP contribution in [-0.2, 0) is 4.79 Å². The molecule has 0 aromatic heterocycles. The van der Waals surface area contributed by atoms with Gasteiger partial charge in [-0.1, -0.05) is 44.1 Å². The monoisotopic (exact) mass is 238 g/mol. The number of carboxylic acids is 1. The Labute approximate surface area is 105 Å². The van der Waals surface area contributed by atoms with Crippen molar-refractivity contribution in [2.75, 3.05) is 0 Å². The summed E-state index contributed by atoms with van der Waals surface area (Å²) in [5, 5.41) is 8.44. The van der Waals surface area contributed by atoms with Gasteiger partial charge in [-0.25, -0.2) is 0 Å². The summed E-state index contributed by atoms with van der Waals surface area (Å²) in [6, 6.07) is 0. The molecule has 1 N–H and O–H groups in total. The maximum Gasteiger partial charge on any atom is 0.303 e. The summed E-state index contributed by atoms with van der Waals surface area (Å²) in [6.07, 6.45) is 18.0. The Hall–Kier alpha value is -1.05. The third-order valence-electron chi connectivity index (χ3n) is 2.56. The molecule has 0 amide bonds. The van der Waals surface area contributed by atoms with Gasteiger partial charge in [-0.15, -0.1) is 0 Å². The normalized spacial score (nSPS) is 11.6. The number of aliphatic carboxylic acids is 1. The molecule has 0 bridgehead atoms. The molecule has 0 aliphatic rings. The average Bonchev–Trinajstić information content (AvgIpc) is 2.30. The number of hydrogen-bond donors (Lipinski definition) is 1. The molecule has 0 saturated heterocycles. The lowest BCUT2D eigenvalue weighted by Gasteiger charge is -1.93. The molecule has 98 valence electrons. The molecule has 0 aromatic carbocycles. The van der Waals surface area contributed by atoms with Gasteiger partial charge in [-0.3, -0.25) is 4.79 Å². The van der Waals surface area contributed by atoms with Gasteiger partial charge in [-0.2, -0.15) is 0 Å². The Balaban J connectivity index is 3.19. The van der Waals surface area contributed by atoms with Crippen LogP contribution in [0.5, 0.6) is 0 Å². The first kappa shape index (κ1) is 16.0. The number of hydrogen-bond acceptors (Lipinski definition) is 1. The molecule has 0 spiro atoms. The van der Waals surface area contributed by atoms with E-state index in [-0.39, 0.29) is 6.42 Å². The van der Waals surface area contributed by atoms with E-state index < -0.39 is 5.97 Å². The third kappa shape index (κ3) is 14.9. The van der Waals surface area contributed by atoms with Gasteiger partial charge in [0.25, 0.3) is 0 Å². The van der Waals surface area contributed by atoms with Gasteiger partial charge in [0.15, 0.2) is 0 Å². The van der Waals surface area contributed by atoms with E-state index in [9.17, 15) is 4.79 Å². The lowest BCUT2D eigenvalue weighted by Crippen LogP contribution is -1.92. The molecule has 0 rings (SSSR count). The van der Waals surface area contributed by atoms with Gasteiger partial charge in [0.05, 0.1) is 0 Å². The second-order valence-electron chi connectivity index (χ2n) is 4.30. The van der Waals surface area contributed by atoms with Crippen molar-refractivity contribution in [1.29, 1.82) is 0 Å². The SMILES string of the molecule is CCCCC=CCCCC=CCCCC(=O)O. The zero-order chi connectivity index (χ0) is 12.8. The molecule has 2 nitrogen and oxygen atoms in total. The van der Waals surface area contributed by atoms with Crippen molar-refractivity contribution < 1.29 is 9.90 Å². The lowest BCUT2D eigenvalue weighted by molar-refractivity contribution is -0.137. The van der Waals surface area contributed by atoms with E-state index in [1.165, 1.54) is 25.7 Å².